The molecule has 0 amide bonds. The van der Waals surface area contributed by atoms with E-state index in [2.05, 4.69) is 23.2 Å². The van der Waals surface area contributed by atoms with Gasteiger partial charge in [0.05, 0.1) is 19.3 Å². The van der Waals surface area contributed by atoms with Crippen LogP contribution in [0.1, 0.15) is 38.2 Å². The van der Waals surface area contributed by atoms with Gasteiger partial charge in [-0.15, -0.1) is 0 Å². The monoisotopic (exact) mass is 306 g/mol. The summed E-state index contributed by atoms with van der Waals surface area (Å²) >= 11 is 0. The van der Waals surface area contributed by atoms with Crippen LogP contribution in [-0.2, 0) is 11.3 Å². The first kappa shape index (κ1) is 16.6. The van der Waals surface area contributed by atoms with Gasteiger partial charge in [0, 0.05) is 19.1 Å². The zero-order chi connectivity index (χ0) is 15.9. The molecule has 1 heterocycles. The molecule has 1 aliphatic heterocycles. The summed E-state index contributed by atoms with van der Waals surface area (Å²) in [5, 5.41) is 11.6. The zero-order valence-electron chi connectivity index (χ0n) is 13.5. The van der Waals surface area contributed by atoms with E-state index in [1.165, 1.54) is 19.3 Å². The number of methoxy groups -OCH3 is 1. The lowest BCUT2D eigenvalue weighted by Gasteiger charge is -2.38. The number of carbonyl (C=O) groups is 1. The lowest BCUT2D eigenvalue weighted by molar-refractivity contribution is -0.135. The van der Waals surface area contributed by atoms with Crippen molar-refractivity contribution in [1.82, 2.24) is 5.32 Å². The molecule has 1 aliphatic rings. The van der Waals surface area contributed by atoms with Crippen molar-refractivity contribution < 1.29 is 14.6 Å². The van der Waals surface area contributed by atoms with Gasteiger partial charge in [0.2, 0.25) is 0 Å². The van der Waals surface area contributed by atoms with E-state index in [0.717, 1.165) is 30.0 Å². The second-order valence-corrected chi connectivity index (χ2v) is 5.75. The lowest BCUT2D eigenvalue weighted by atomic mass is 9.98. The highest BCUT2D eigenvalue weighted by molar-refractivity contribution is 5.69. The van der Waals surface area contributed by atoms with E-state index in [1.807, 2.05) is 12.1 Å². The number of nitrogens with one attached hydrogen (secondary N) is 1. The lowest BCUT2D eigenvalue weighted by Crippen LogP contribution is -2.39. The van der Waals surface area contributed by atoms with E-state index >= 15 is 0 Å². The number of ether oxygens (including phenoxy) is 1. The maximum Gasteiger partial charge on any atom is 0.317 e. The number of anilines is 1. The van der Waals surface area contributed by atoms with Crippen LogP contribution in [-0.4, -0.2) is 37.3 Å². The molecule has 0 aromatic heterocycles. The number of carboxylic acids is 1. The molecule has 0 bridgehead atoms. The van der Waals surface area contributed by atoms with Crippen molar-refractivity contribution in [2.45, 2.75) is 45.2 Å². The third kappa shape index (κ3) is 4.13. The summed E-state index contributed by atoms with van der Waals surface area (Å²) in [7, 11) is 1.69. The van der Waals surface area contributed by atoms with Crippen molar-refractivity contribution in [1.29, 1.82) is 0 Å². The van der Waals surface area contributed by atoms with E-state index in [9.17, 15) is 4.79 Å². The Hall–Kier alpha value is -1.75. The molecule has 1 aromatic carbocycles. The maximum absolute atomic E-state index is 10.5. The van der Waals surface area contributed by atoms with Crippen LogP contribution in [0.3, 0.4) is 0 Å². The van der Waals surface area contributed by atoms with E-state index in [0.29, 0.717) is 12.6 Å². The molecule has 5 nitrogen and oxygen atoms in total. The van der Waals surface area contributed by atoms with Gasteiger partial charge < -0.3 is 20.1 Å². The third-order valence-electron chi connectivity index (χ3n) is 4.26. The van der Waals surface area contributed by atoms with Crippen LogP contribution in [0.2, 0.25) is 0 Å². The van der Waals surface area contributed by atoms with Gasteiger partial charge in [0.1, 0.15) is 5.75 Å². The van der Waals surface area contributed by atoms with Gasteiger partial charge in [-0.1, -0.05) is 13.0 Å². The molecule has 1 unspecified atom stereocenters. The number of carboxylic acid groups (broad SMARTS) is 1. The van der Waals surface area contributed by atoms with Crippen LogP contribution in [0.4, 0.5) is 5.69 Å². The van der Waals surface area contributed by atoms with E-state index < -0.39 is 5.97 Å². The summed E-state index contributed by atoms with van der Waals surface area (Å²) < 4.78 is 5.57. The number of rotatable bonds is 7. The molecule has 5 heteroatoms. The van der Waals surface area contributed by atoms with Gasteiger partial charge in [-0.05, 0) is 43.4 Å². The van der Waals surface area contributed by atoms with Crippen LogP contribution in [0.15, 0.2) is 18.2 Å². The molecule has 1 fully saturated rings. The van der Waals surface area contributed by atoms with Gasteiger partial charge in [0.15, 0.2) is 0 Å². The normalized spacial score (nSPS) is 18.3. The van der Waals surface area contributed by atoms with Crippen LogP contribution < -0.4 is 15.0 Å². The number of benzene rings is 1. The summed E-state index contributed by atoms with van der Waals surface area (Å²) in [5.74, 6) is 0.0256. The first-order chi connectivity index (χ1) is 10.7. The molecular formula is C17H26N2O3. The van der Waals surface area contributed by atoms with Crippen molar-refractivity contribution in [2.24, 2.45) is 0 Å². The highest BCUT2D eigenvalue weighted by Crippen LogP contribution is 2.34. The Morgan fingerprint density at radius 2 is 2.27 bits per heavy atom. The second kappa shape index (κ2) is 8.03. The molecule has 2 N–H and O–H groups in total. The summed E-state index contributed by atoms with van der Waals surface area (Å²) in [6, 6.07) is 6.74. The molecule has 1 aromatic rings. The molecule has 122 valence electrons. The third-order valence-corrected chi connectivity index (χ3v) is 4.26. The van der Waals surface area contributed by atoms with Gasteiger partial charge in [0.25, 0.3) is 0 Å². The minimum atomic E-state index is -0.845. The fourth-order valence-electron chi connectivity index (χ4n) is 3.13. The van der Waals surface area contributed by atoms with Crippen LogP contribution >= 0.6 is 0 Å². The minimum Gasteiger partial charge on any atom is -0.495 e. The van der Waals surface area contributed by atoms with E-state index in [-0.39, 0.29) is 6.54 Å². The molecule has 2 rings (SSSR count). The largest absolute Gasteiger partial charge is 0.495 e. The molecule has 0 spiro atoms. The summed E-state index contributed by atoms with van der Waals surface area (Å²) in [6.07, 6.45) is 4.91. The Balaban J connectivity index is 2.12. The molecule has 0 saturated carbocycles. The van der Waals surface area contributed by atoms with Crippen molar-refractivity contribution in [2.75, 3.05) is 25.1 Å². The quantitative estimate of drug-likeness (QED) is 0.811. The smallest absolute Gasteiger partial charge is 0.317 e. The van der Waals surface area contributed by atoms with Gasteiger partial charge in [-0.3, -0.25) is 4.79 Å². The summed E-state index contributed by atoms with van der Waals surface area (Å²) in [6.45, 7) is 3.80. The topological polar surface area (TPSA) is 61.8 Å². The fourth-order valence-corrected chi connectivity index (χ4v) is 3.13. The van der Waals surface area contributed by atoms with Crippen molar-refractivity contribution in [3.8, 4) is 5.75 Å². The number of hydrogen-bond donors (Lipinski definition) is 2. The molecular weight excluding hydrogens is 280 g/mol. The first-order valence-electron chi connectivity index (χ1n) is 8.01. The Labute approximate surface area is 132 Å². The standard InChI is InChI=1S/C17H26N2O3/c1-3-14-6-4-5-9-19(14)15-8-7-13(10-16(15)22-2)11-18-12-17(20)21/h7-8,10,14,18H,3-6,9,11-12H2,1-2H3,(H,20,21). The maximum atomic E-state index is 10.5. The Morgan fingerprint density at radius 3 is 2.95 bits per heavy atom. The Morgan fingerprint density at radius 1 is 1.45 bits per heavy atom. The Bertz CT molecular complexity index is 505. The highest BCUT2D eigenvalue weighted by atomic mass is 16.5. The van der Waals surface area contributed by atoms with Gasteiger partial charge in [-0.25, -0.2) is 0 Å². The number of piperidine rings is 1. The average Bonchev–Trinajstić information content (AvgIpc) is 2.54. The average molecular weight is 306 g/mol. The Kier molecular flexibility index (Phi) is 6.07. The van der Waals surface area contributed by atoms with Crippen LogP contribution in [0.5, 0.6) is 5.75 Å². The van der Waals surface area contributed by atoms with Crippen LogP contribution in [0, 0.1) is 0 Å². The minimum absolute atomic E-state index is 0.0336. The molecule has 0 radical (unpaired) electrons. The van der Waals surface area contributed by atoms with Gasteiger partial charge in [-0.2, -0.15) is 0 Å². The molecule has 0 aliphatic carbocycles. The number of hydrogen-bond acceptors (Lipinski definition) is 4. The van der Waals surface area contributed by atoms with Crippen molar-refractivity contribution >= 4 is 11.7 Å². The van der Waals surface area contributed by atoms with E-state index in [1.54, 1.807) is 7.11 Å². The highest BCUT2D eigenvalue weighted by Gasteiger charge is 2.23. The second-order valence-electron chi connectivity index (χ2n) is 5.75. The van der Waals surface area contributed by atoms with Crippen molar-refractivity contribution in [3.05, 3.63) is 23.8 Å². The molecule has 22 heavy (non-hydrogen) atoms. The molecule has 1 atom stereocenters. The fraction of sp³-hybridized carbons (Fsp3) is 0.588. The summed E-state index contributed by atoms with van der Waals surface area (Å²) in [4.78, 5) is 13.0. The summed E-state index contributed by atoms with van der Waals surface area (Å²) in [5.41, 5.74) is 2.18. The predicted molar refractivity (Wildman–Crippen MR) is 87.6 cm³/mol. The predicted octanol–water partition coefficient (Wildman–Crippen LogP) is 2.64. The van der Waals surface area contributed by atoms with E-state index in [4.69, 9.17) is 9.84 Å². The van der Waals surface area contributed by atoms with Gasteiger partial charge >= 0.3 is 5.97 Å². The zero-order valence-corrected chi connectivity index (χ0v) is 13.5. The molecule has 1 saturated heterocycles. The number of aliphatic carboxylic acids is 1. The SMILES string of the molecule is CCC1CCCCN1c1ccc(CNCC(=O)O)cc1OC. The van der Waals surface area contributed by atoms with Crippen LogP contribution in [0.25, 0.3) is 0 Å². The van der Waals surface area contributed by atoms with Crippen molar-refractivity contribution in [3.63, 3.8) is 0 Å². The number of nitrogens with zero attached hydrogens (tertiary/aromatic N) is 1. The first-order valence-corrected chi connectivity index (χ1v) is 8.01.